The molecule has 1 saturated heterocycles. The number of carbonyl (C=O) groups excluding carboxylic acids is 2. The number of methoxy groups -OCH3 is 1. The maximum Gasteiger partial charge on any atom is 0.253 e. The molecule has 8 heteroatoms. The zero-order valence-electron chi connectivity index (χ0n) is 22.3. The summed E-state index contributed by atoms with van der Waals surface area (Å²) in [7, 11) is 1.68. The third-order valence-corrected chi connectivity index (χ3v) is 7.65. The molecule has 0 atom stereocenters. The molecule has 2 N–H and O–H groups in total. The van der Waals surface area contributed by atoms with E-state index in [2.05, 4.69) is 26.5 Å². The molecule has 0 unspecified atom stereocenters. The van der Waals surface area contributed by atoms with Gasteiger partial charge < -0.3 is 25.2 Å². The molecule has 1 aliphatic heterocycles. The summed E-state index contributed by atoms with van der Waals surface area (Å²) in [5.41, 5.74) is 3.82. The van der Waals surface area contributed by atoms with E-state index in [4.69, 9.17) is 4.74 Å². The number of carbonyl (C=O) groups is 2. The van der Waals surface area contributed by atoms with E-state index in [0.29, 0.717) is 11.3 Å². The molecule has 2 fully saturated rings. The zero-order valence-corrected chi connectivity index (χ0v) is 22.3. The molecule has 2 aliphatic rings. The summed E-state index contributed by atoms with van der Waals surface area (Å²) < 4.78 is 18.9. The minimum Gasteiger partial charge on any atom is -0.495 e. The molecule has 3 aromatic carbocycles. The van der Waals surface area contributed by atoms with E-state index in [1.165, 1.54) is 12.1 Å². The third kappa shape index (κ3) is 6.33. The van der Waals surface area contributed by atoms with Crippen molar-refractivity contribution in [2.75, 3.05) is 48.4 Å². The first-order valence-corrected chi connectivity index (χ1v) is 13.6. The molecule has 3 aromatic rings. The van der Waals surface area contributed by atoms with Gasteiger partial charge in [0.05, 0.1) is 18.4 Å². The van der Waals surface area contributed by atoms with Crippen LogP contribution in [0.1, 0.15) is 41.6 Å². The first-order chi connectivity index (χ1) is 19.0. The summed E-state index contributed by atoms with van der Waals surface area (Å²) in [6.07, 6.45) is 3.97. The SMILES string of the molecule is COc1ccccc1N1CCN(c2ccc(NC(=O)C3CCCC3)cc2C(=O)NCc2ccc(F)cc2)CC1. The fraction of sp³-hybridized carbons (Fsp3) is 0.355. The Morgan fingerprint density at radius 3 is 2.26 bits per heavy atom. The molecule has 1 saturated carbocycles. The van der Waals surface area contributed by atoms with E-state index in [1.807, 2.05) is 30.3 Å². The number of hydrogen-bond acceptors (Lipinski definition) is 5. The Balaban J connectivity index is 1.34. The first kappa shape index (κ1) is 26.5. The Morgan fingerprint density at radius 1 is 0.897 bits per heavy atom. The Morgan fingerprint density at radius 2 is 1.56 bits per heavy atom. The highest BCUT2D eigenvalue weighted by Crippen LogP contribution is 2.32. The molecule has 1 heterocycles. The summed E-state index contributed by atoms with van der Waals surface area (Å²) in [6.45, 7) is 3.28. The molecule has 7 nitrogen and oxygen atoms in total. The van der Waals surface area contributed by atoms with Gasteiger partial charge in [-0.2, -0.15) is 0 Å². The normalized spacial score (nSPS) is 15.7. The molecule has 0 radical (unpaired) electrons. The van der Waals surface area contributed by atoms with Crippen molar-refractivity contribution in [3.8, 4) is 5.75 Å². The van der Waals surface area contributed by atoms with Crippen LogP contribution < -0.4 is 25.2 Å². The van der Waals surface area contributed by atoms with Gasteiger partial charge in [0.2, 0.25) is 5.91 Å². The van der Waals surface area contributed by atoms with E-state index in [-0.39, 0.29) is 30.1 Å². The number of anilines is 3. The lowest BCUT2D eigenvalue weighted by molar-refractivity contribution is -0.119. The van der Waals surface area contributed by atoms with Gasteiger partial charge in [-0.25, -0.2) is 4.39 Å². The largest absolute Gasteiger partial charge is 0.495 e. The highest BCUT2D eigenvalue weighted by atomic mass is 19.1. The molecule has 2 amide bonds. The smallest absolute Gasteiger partial charge is 0.253 e. The van der Waals surface area contributed by atoms with Crippen LogP contribution in [0.3, 0.4) is 0 Å². The second-order valence-electron chi connectivity index (χ2n) is 10.2. The van der Waals surface area contributed by atoms with Crippen molar-refractivity contribution in [1.29, 1.82) is 0 Å². The topological polar surface area (TPSA) is 73.9 Å². The van der Waals surface area contributed by atoms with E-state index in [9.17, 15) is 14.0 Å². The summed E-state index contributed by atoms with van der Waals surface area (Å²) in [5, 5.41) is 6.00. The van der Waals surface area contributed by atoms with Crippen LogP contribution >= 0.6 is 0 Å². The van der Waals surface area contributed by atoms with Gasteiger partial charge in [-0.1, -0.05) is 37.1 Å². The summed E-state index contributed by atoms with van der Waals surface area (Å²) in [6, 6.07) is 19.7. The van der Waals surface area contributed by atoms with Gasteiger partial charge in [-0.3, -0.25) is 9.59 Å². The van der Waals surface area contributed by atoms with Crippen molar-refractivity contribution >= 4 is 28.9 Å². The number of para-hydroxylation sites is 2. The standard InChI is InChI=1S/C31H35FN4O3/c1-39-29-9-5-4-8-28(29)36-18-16-35(17-19-36)27-15-14-25(34-30(37)23-6-2-3-7-23)20-26(27)31(38)33-21-22-10-12-24(32)13-11-22/h4-5,8-15,20,23H,2-3,6-7,16-19,21H2,1H3,(H,33,38)(H,34,37). The van der Waals surface area contributed by atoms with Crippen LogP contribution in [-0.4, -0.2) is 45.1 Å². The van der Waals surface area contributed by atoms with E-state index >= 15 is 0 Å². The average molecular weight is 531 g/mol. The molecule has 5 rings (SSSR count). The van der Waals surface area contributed by atoms with Gasteiger partial charge in [0.1, 0.15) is 11.6 Å². The molecule has 39 heavy (non-hydrogen) atoms. The number of piperazine rings is 1. The number of halogens is 1. The number of ether oxygens (including phenoxy) is 1. The van der Waals surface area contributed by atoms with Crippen molar-refractivity contribution in [1.82, 2.24) is 5.32 Å². The van der Waals surface area contributed by atoms with Crippen molar-refractivity contribution in [2.24, 2.45) is 5.92 Å². The minimum absolute atomic E-state index is 0.0170. The summed E-state index contributed by atoms with van der Waals surface area (Å²) >= 11 is 0. The summed E-state index contributed by atoms with van der Waals surface area (Å²) in [4.78, 5) is 30.7. The average Bonchev–Trinajstić information content (AvgIpc) is 3.52. The number of benzene rings is 3. The summed E-state index contributed by atoms with van der Waals surface area (Å²) in [5.74, 6) is 0.338. The van der Waals surface area contributed by atoms with Gasteiger partial charge in [-0.15, -0.1) is 0 Å². The maximum atomic E-state index is 13.5. The Bertz CT molecular complexity index is 1300. The predicted octanol–water partition coefficient (Wildman–Crippen LogP) is 5.22. The van der Waals surface area contributed by atoms with Gasteiger partial charge >= 0.3 is 0 Å². The Hall–Kier alpha value is -4.07. The second kappa shape index (κ2) is 12.2. The second-order valence-corrected chi connectivity index (χ2v) is 10.2. The van der Waals surface area contributed by atoms with Crippen molar-refractivity contribution in [3.63, 3.8) is 0 Å². The van der Waals surface area contributed by atoms with Gasteiger partial charge in [0.15, 0.2) is 0 Å². The number of hydrogen-bond donors (Lipinski definition) is 2. The molecular weight excluding hydrogens is 495 g/mol. The first-order valence-electron chi connectivity index (χ1n) is 13.6. The number of nitrogens with zero attached hydrogens (tertiary/aromatic N) is 2. The van der Waals surface area contributed by atoms with Crippen LogP contribution in [0.4, 0.5) is 21.5 Å². The van der Waals surface area contributed by atoms with Crippen molar-refractivity contribution in [2.45, 2.75) is 32.2 Å². The zero-order chi connectivity index (χ0) is 27.2. The lowest BCUT2D eigenvalue weighted by Gasteiger charge is -2.38. The highest BCUT2D eigenvalue weighted by molar-refractivity contribution is 6.02. The fourth-order valence-electron chi connectivity index (χ4n) is 5.46. The van der Waals surface area contributed by atoms with Crippen LogP contribution in [-0.2, 0) is 11.3 Å². The van der Waals surface area contributed by atoms with E-state index < -0.39 is 0 Å². The number of rotatable bonds is 8. The number of nitrogens with one attached hydrogen (secondary N) is 2. The maximum absolute atomic E-state index is 13.5. The van der Waals surface area contributed by atoms with Crippen molar-refractivity contribution in [3.05, 3.63) is 83.7 Å². The van der Waals surface area contributed by atoms with E-state index in [1.54, 1.807) is 25.3 Å². The van der Waals surface area contributed by atoms with Crippen LogP contribution in [0.25, 0.3) is 0 Å². The van der Waals surface area contributed by atoms with Crippen LogP contribution in [0.5, 0.6) is 5.75 Å². The minimum atomic E-state index is -0.315. The fourth-order valence-corrected chi connectivity index (χ4v) is 5.46. The molecular formula is C31H35FN4O3. The third-order valence-electron chi connectivity index (χ3n) is 7.65. The monoisotopic (exact) mass is 530 g/mol. The molecule has 0 spiro atoms. The number of amides is 2. The highest BCUT2D eigenvalue weighted by Gasteiger charge is 2.26. The molecule has 204 valence electrons. The van der Waals surface area contributed by atoms with Gasteiger partial charge in [-0.05, 0) is 60.9 Å². The lowest BCUT2D eigenvalue weighted by Crippen LogP contribution is -2.47. The quantitative estimate of drug-likeness (QED) is 0.418. The lowest BCUT2D eigenvalue weighted by atomic mass is 10.1. The van der Waals surface area contributed by atoms with Crippen molar-refractivity contribution < 1.29 is 18.7 Å². The van der Waals surface area contributed by atoms with Gasteiger partial charge in [0.25, 0.3) is 5.91 Å². The van der Waals surface area contributed by atoms with Crippen LogP contribution in [0, 0.1) is 11.7 Å². The predicted molar refractivity (Wildman–Crippen MR) is 152 cm³/mol. The molecule has 0 bridgehead atoms. The van der Waals surface area contributed by atoms with Gasteiger partial charge in [0, 0.05) is 50.0 Å². The Labute approximate surface area is 228 Å². The molecule has 1 aliphatic carbocycles. The van der Waals surface area contributed by atoms with E-state index in [0.717, 1.165) is 74.6 Å². The van der Waals surface area contributed by atoms with Crippen LogP contribution in [0.2, 0.25) is 0 Å². The molecule has 0 aromatic heterocycles. The Kier molecular flexibility index (Phi) is 8.30. The van der Waals surface area contributed by atoms with Crippen LogP contribution in [0.15, 0.2) is 66.7 Å².